The zero-order chi connectivity index (χ0) is 21.3. The summed E-state index contributed by atoms with van der Waals surface area (Å²) in [5.41, 5.74) is 5.38. The Kier molecular flexibility index (Phi) is 10.5. The van der Waals surface area contributed by atoms with Crippen LogP contribution in [0.1, 0.15) is 20.8 Å². The molecule has 0 aliphatic carbocycles. The number of rotatable bonds is 11. The first-order valence-electron chi connectivity index (χ1n) is 8.25. The lowest BCUT2D eigenvalue weighted by Crippen LogP contribution is -2.60. The predicted molar refractivity (Wildman–Crippen MR) is 92.1 cm³/mol. The molecule has 0 bridgehead atoms. The van der Waals surface area contributed by atoms with E-state index in [0.29, 0.717) is 0 Å². The van der Waals surface area contributed by atoms with Crippen LogP contribution in [-0.4, -0.2) is 87.6 Å². The van der Waals surface area contributed by atoms with Crippen molar-refractivity contribution in [2.24, 2.45) is 11.7 Å². The van der Waals surface area contributed by atoms with Gasteiger partial charge in [0.25, 0.3) is 0 Å². The SMILES string of the molecule is CC(C)C(NC(=O)C(N)CO)C(=O)NC(CO)C(=O)NC(C(=O)O)C(C)O. The van der Waals surface area contributed by atoms with Gasteiger partial charge in [0.15, 0.2) is 6.04 Å². The number of carboxylic acid groups (broad SMARTS) is 1. The molecule has 3 amide bonds. The Hall–Kier alpha value is -2.28. The molecule has 0 radical (unpaired) electrons. The fraction of sp³-hybridized carbons (Fsp3) is 0.733. The number of aliphatic hydroxyl groups excluding tert-OH is 3. The highest BCUT2D eigenvalue weighted by atomic mass is 16.4. The molecule has 0 spiro atoms. The van der Waals surface area contributed by atoms with Gasteiger partial charge in [0.1, 0.15) is 18.1 Å². The van der Waals surface area contributed by atoms with E-state index < -0.39 is 73.1 Å². The van der Waals surface area contributed by atoms with Gasteiger partial charge in [-0.05, 0) is 12.8 Å². The van der Waals surface area contributed by atoms with Crippen molar-refractivity contribution in [3.63, 3.8) is 0 Å². The molecule has 12 nitrogen and oxygen atoms in total. The summed E-state index contributed by atoms with van der Waals surface area (Å²) >= 11 is 0. The number of hydrogen-bond donors (Lipinski definition) is 8. The van der Waals surface area contributed by atoms with Gasteiger partial charge in [-0.15, -0.1) is 0 Å². The maximum atomic E-state index is 12.4. The molecule has 0 heterocycles. The molecule has 156 valence electrons. The van der Waals surface area contributed by atoms with Gasteiger partial charge >= 0.3 is 5.97 Å². The number of aliphatic hydroxyl groups is 3. The maximum Gasteiger partial charge on any atom is 0.328 e. The quantitative estimate of drug-likeness (QED) is 0.171. The largest absolute Gasteiger partial charge is 0.480 e. The first-order valence-corrected chi connectivity index (χ1v) is 8.25. The summed E-state index contributed by atoms with van der Waals surface area (Å²) in [7, 11) is 0. The summed E-state index contributed by atoms with van der Waals surface area (Å²) < 4.78 is 0. The van der Waals surface area contributed by atoms with E-state index in [4.69, 9.17) is 15.9 Å². The number of nitrogens with one attached hydrogen (secondary N) is 3. The van der Waals surface area contributed by atoms with Crippen molar-refractivity contribution in [3.8, 4) is 0 Å². The summed E-state index contributed by atoms with van der Waals surface area (Å²) in [6, 6.07) is -5.50. The number of carboxylic acids is 1. The van der Waals surface area contributed by atoms with Gasteiger partial charge in [0.05, 0.1) is 19.3 Å². The molecule has 5 unspecified atom stereocenters. The second-order valence-corrected chi connectivity index (χ2v) is 6.33. The van der Waals surface area contributed by atoms with Crippen molar-refractivity contribution in [1.29, 1.82) is 0 Å². The number of amides is 3. The Labute approximate surface area is 156 Å². The van der Waals surface area contributed by atoms with Gasteiger partial charge in [-0.2, -0.15) is 0 Å². The molecule has 0 aliphatic heterocycles. The van der Waals surface area contributed by atoms with Crippen molar-refractivity contribution >= 4 is 23.7 Å². The lowest BCUT2D eigenvalue weighted by molar-refractivity contribution is -0.145. The third kappa shape index (κ3) is 7.86. The van der Waals surface area contributed by atoms with E-state index in [9.17, 15) is 29.4 Å². The third-order valence-electron chi connectivity index (χ3n) is 3.64. The second-order valence-electron chi connectivity index (χ2n) is 6.33. The number of carbonyl (C=O) groups excluding carboxylic acids is 3. The Morgan fingerprint density at radius 3 is 1.74 bits per heavy atom. The van der Waals surface area contributed by atoms with E-state index in [2.05, 4.69) is 10.6 Å². The van der Waals surface area contributed by atoms with Crippen LogP contribution in [0.25, 0.3) is 0 Å². The molecular formula is C15H28N4O8. The molecule has 0 saturated carbocycles. The van der Waals surface area contributed by atoms with Crippen molar-refractivity contribution in [2.75, 3.05) is 13.2 Å². The number of nitrogens with two attached hydrogens (primary N) is 1. The van der Waals surface area contributed by atoms with Crippen molar-refractivity contribution in [1.82, 2.24) is 16.0 Å². The molecule has 0 fully saturated rings. The highest BCUT2D eigenvalue weighted by Crippen LogP contribution is 2.03. The third-order valence-corrected chi connectivity index (χ3v) is 3.64. The molecular weight excluding hydrogens is 364 g/mol. The van der Waals surface area contributed by atoms with Crippen LogP contribution in [0.2, 0.25) is 0 Å². The summed E-state index contributed by atoms with van der Waals surface area (Å²) in [4.78, 5) is 47.3. The molecule has 12 heteroatoms. The normalized spacial score (nSPS) is 16.6. The topological polar surface area (TPSA) is 211 Å². The van der Waals surface area contributed by atoms with Crippen molar-refractivity contribution in [2.45, 2.75) is 51.0 Å². The van der Waals surface area contributed by atoms with Crippen LogP contribution in [0.4, 0.5) is 0 Å². The zero-order valence-electron chi connectivity index (χ0n) is 15.4. The van der Waals surface area contributed by atoms with E-state index in [-0.39, 0.29) is 0 Å². The molecule has 0 aromatic heterocycles. The maximum absolute atomic E-state index is 12.4. The van der Waals surface area contributed by atoms with Gasteiger partial charge in [0, 0.05) is 0 Å². The predicted octanol–water partition coefficient (Wildman–Crippen LogP) is -4.13. The van der Waals surface area contributed by atoms with Gasteiger partial charge in [-0.1, -0.05) is 13.8 Å². The van der Waals surface area contributed by atoms with Crippen molar-refractivity contribution in [3.05, 3.63) is 0 Å². The van der Waals surface area contributed by atoms with Crippen molar-refractivity contribution < 1.29 is 39.6 Å². The minimum atomic E-state index is -1.63. The van der Waals surface area contributed by atoms with Crippen LogP contribution in [0, 0.1) is 5.92 Å². The standard InChI is InChI=1S/C15H28N4O8/c1-6(2)10(18-12(23)8(16)4-20)14(25)17-9(5-21)13(24)19-11(7(3)22)15(26)27/h6-11,20-22H,4-5,16H2,1-3H3,(H,17,25)(H,18,23)(H,19,24)(H,26,27). The van der Waals surface area contributed by atoms with Crippen LogP contribution in [0.5, 0.6) is 0 Å². The fourth-order valence-corrected chi connectivity index (χ4v) is 1.98. The molecule has 0 aromatic carbocycles. The number of aliphatic carboxylic acids is 1. The van der Waals surface area contributed by atoms with Crippen LogP contribution < -0.4 is 21.7 Å². The van der Waals surface area contributed by atoms with Crippen LogP contribution in [0.3, 0.4) is 0 Å². The number of hydrogen-bond acceptors (Lipinski definition) is 8. The Morgan fingerprint density at radius 2 is 1.37 bits per heavy atom. The zero-order valence-corrected chi connectivity index (χ0v) is 15.4. The highest BCUT2D eigenvalue weighted by Gasteiger charge is 2.32. The first-order chi connectivity index (χ1) is 12.5. The molecule has 27 heavy (non-hydrogen) atoms. The summed E-state index contributed by atoms with van der Waals surface area (Å²) in [6.45, 7) is 2.89. The van der Waals surface area contributed by atoms with E-state index >= 15 is 0 Å². The van der Waals surface area contributed by atoms with Gasteiger partial charge in [0.2, 0.25) is 17.7 Å². The summed E-state index contributed by atoms with van der Waals surface area (Å²) in [5.74, 6) is -4.55. The lowest BCUT2D eigenvalue weighted by Gasteiger charge is -2.26. The van der Waals surface area contributed by atoms with Crippen LogP contribution in [-0.2, 0) is 19.2 Å². The van der Waals surface area contributed by atoms with E-state index in [1.54, 1.807) is 13.8 Å². The Balaban J connectivity index is 5.13. The molecule has 9 N–H and O–H groups in total. The van der Waals surface area contributed by atoms with Crippen LogP contribution in [0.15, 0.2) is 0 Å². The molecule has 0 aliphatic rings. The lowest BCUT2D eigenvalue weighted by atomic mass is 10.0. The monoisotopic (exact) mass is 392 g/mol. The Morgan fingerprint density at radius 1 is 0.852 bits per heavy atom. The molecule has 0 rings (SSSR count). The van der Waals surface area contributed by atoms with E-state index in [1.165, 1.54) is 0 Å². The number of carbonyl (C=O) groups is 4. The van der Waals surface area contributed by atoms with Crippen LogP contribution >= 0.6 is 0 Å². The smallest absolute Gasteiger partial charge is 0.328 e. The minimum absolute atomic E-state index is 0.425. The fourth-order valence-electron chi connectivity index (χ4n) is 1.98. The molecule has 0 aromatic rings. The molecule has 5 atom stereocenters. The van der Waals surface area contributed by atoms with Gasteiger partial charge < -0.3 is 42.1 Å². The van der Waals surface area contributed by atoms with E-state index in [0.717, 1.165) is 6.92 Å². The second kappa shape index (κ2) is 11.4. The Bertz CT molecular complexity index is 540. The van der Waals surface area contributed by atoms with E-state index in [1.807, 2.05) is 5.32 Å². The average molecular weight is 392 g/mol. The molecule has 0 saturated heterocycles. The highest BCUT2D eigenvalue weighted by molar-refractivity contribution is 5.94. The summed E-state index contributed by atoms with van der Waals surface area (Å²) in [6.07, 6.45) is -1.41. The van der Waals surface area contributed by atoms with Gasteiger partial charge in [-0.3, -0.25) is 14.4 Å². The first kappa shape index (κ1) is 24.7. The average Bonchev–Trinajstić information content (AvgIpc) is 2.59. The van der Waals surface area contributed by atoms with Gasteiger partial charge in [-0.25, -0.2) is 4.79 Å². The minimum Gasteiger partial charge on any atom is -0.480 e. The summed E-state index contributed by atoms with van der Waals surface area (Å²) in [5, 5.41) is 43.1.